The van der Waals surface area contributed by atoms with Gasteiger partial charge in [-0.15, -0.1) is 6.58 Å². The molecule has 54 valence electrons. The van der Waals surface area contributed by atoms with Crippen molar-refractivity contribution < 1.29 is 14.3 Å². The molecule has 0 aromatic rings. The minimum Gasteiger partial charge on any atom is -0.393 e. The molecular formula is C7H8O3. The quantitative estimate of drug-likeness (QED) is 0.321. The Balaban J connectivity index is 2.54. The van der Waals surface area contributed by atoms with E-state index in [0.29, 0.717) is 6.42 Å². The Labute approximate surface area is 58.7 Å². The average molecular weight is 140 g/mol. The molecule has 1 rings (SSSR count). The maximum atomic E-state index is 10.7. The van der Waals surface area contributed by atoms with Crippen LogP contribution < -0.4 is 0 Å². The maximum absolute atomic E-state index is 10.7. The summed E-state index contributed by atoms with van der Waals surface area (Å²) >= 11 is 0. The monoisotopic (exact) mass is 140 g/mol. The van der Waals surface area contributed by atoms with E-state index in [-0.39, 0.29) is 12.3 Å². The first-order valence-corrected chi connectivity index (χ1v) is 3.09. The van der Waals surface area contributed by atoms with E-state index < -0.39 is 11.9 Å². The van der Waals surface area contributed by atoms with Gasteiger partial charge in [0.05, 0.1) is 12.3 Å². The van der Waals surface area contributed by atoms with Gasteiger partial charge in [0.1, 0.15) is 0 Å². The highest BCUT2D eigenvalue weighted by Gasteiger charge is 2.31. The Morgan fingerprint density at radius 1 is 1.70 bits per heavy atom. The van der Waals surface area contributed by atoms with E-state index in [4.69, 9.17) is 0 Å². The van der Waals surface area contributed by atoms with Gasteiger partial charge >= 0.3 is 11.9 Å². The zero-order chi connectivity index (χ0) is 7.56. The van der Waals surface area contributed by atoms with E-state index in [1.54, 1.807) is 6.08 Å². The lowest BCUT2D eigenvalue weighted by Gasteiger charge is -1.95. The predicted octanol–water partition coefficient (Wildman–Crippen LogP) is 0.652. The number of esters is 2. The molecule has 0 N–H and O–H groups in total. The topological polar surface area (TPSA) is 43.4 Å². The summed E-state index contributed by atoms with van der Waals surface area (Å²) < 4.78 is 4.30. The largest absolute Gasteiger partial charge is 0.393 e. The van der Waals surface area contributed by atoms with Crippen molar-refractivity contribution in [1.82, 2.24) is 0 Å². The first-order valence-electron chi connectivity index (χ1n) is 3.09. The second-order valence-electron chi connectivity index (χ2n) is 2.22. The van der Waals surface area contributed by atoms with Crippen LogP contribution in [-0.4, -0.2) is 11.9 Å². The molecule has 0 radical (unpaired) electrons. The number of hydrogen-bond donors (Lipinski definition) is 0. The van der Waals surface area contributed by atoms with Gasteiger partial charge in [0.25, 0.3) is 0 Å². The maximum Gasteiger partial charge on any atom is 0.317 e. The van der Waals surface area contributed by atoms with Crippen LogP contribution in [0.5, 0.6) is 0 Å². The third-order valence-electron chi connectivity index (χ3n) is 1.41. The Morgan fingerprint density at radius 3 is 2.80 bits per heavy atom. The van der Waals surface area contributed by atoms with Crippen molar-refractivity contribution in [3.8, 4) is 0 Å². The van der Waals surface area contributed by atoms with Crippen molar-refractivity contribution in [2.24, 2.45) is 5.92 Å². The zero-order valence-corrected chi connectivity index (χ0v) is 5.50. The van der Waals surface area contributed by atoms with E-state index >= 15 is 0 Å². The van der Waals surface area contributed by atoms with E-state index in [0.717, 1.165) is 0 Å². The van der Waals surface area contributed by atoms with Crippen molar-refractivity contribution >= 4 is 11.9 Å². The Bertz CT molecular complexity index is 183. The standard InChI is InChI=1S/C7H8O3/c1-2-3-5-4-6(8)10-7(5)9/h2,5H,1,3-4H2/t5-/m0/s1. The first kappa shape index (κ1) is 6.99. The lowest BCUT2D eigenvalue weighted by atomic mass is 10.0. The summed E-state index contributed by atoms with van der Waals surface area (Å²) in [4.78, 5) is 21.1. The molecule has 0 amide bonds. The number of cyclic esters (lactones) is 2. The Morgan fingerprint density at radius 2 is 2.40 bits per heavy atom. The zero-order valence-electron chi connectivity index (χ0n) is 5.50. The van der Waals surface area contributed by atoms with Gasteiger partial charge in [0.2, 0.25) is 0 Å². The van der Waals surface area contributed by atoms with Gasteiger partial charge in [-0.2, -0.15) is 0 Å². The minimum atomic E-state index is -0.420. The Hall–Kier alpha value is -1.12. The van der Waals surface area contributed by atoms with Crippen LogP contribution in [0.15, 0.2) is 12.7 Å². The third-order valence-corrected chi connectivity index (χ3v) is 1.41. The highest BCUT2D eigenvalue weighted by atomic mass is 16.6. The molecule has 3 nitrogen and oxygen atoms in total. The van der Waals surface area contributed by atoms with Gasteiger partial charge < -0.3 is 4.74 Å². The summed E-state index contributed by atoms with van der Waals surface area (Å²) in [6, 6.07) is 0. The number of ether oxygens (including phenoxy) is 1. The van der Waals surface area contributed by atoms with E-state index in [9.17, 15) is 9.59 Å². The SMILES string of the molecule is C=CC[C@H]1CC(=O)OC1=O. The molecule has 0 unspecified atom stereocenters. The molecule has 0 aromatic heterocycles. The molecule has 1 aliphatic heterocycles. The summed E-state index contributed by atoms with van der Waals surface area (Å²) in [5.41, 5.74) is 0. The number of carbonyl (C=O) groups excluding carboxylic acids is 2. The molecule has 3 heteroatoms. The first-order chi connectivity index (χ1) is 4.74. The molecule has 1 aliphatic rings. The van der Waals surface area contributed by atoms with Gasteiger partial charge in [0, 0.05) is 0 Å². The summed E-state index contributed by atoms with van der Waals surface area (Å²) in [6.45, 7) is 3.46. The van der Waals surface area contributed by atoms with E-state index in [1.165, 1.54) is 0 Å². The fraction of sp³-hybridized carbons (Fsp3) is 0.429. The fourth-order valence-electron chi connectivity index (χ4n) is 0.902. The molecule has 1 heterocycles. The molecule has 0 aliphatic carbocycles. The molecule has 10 heavy (non-hydrogen) atoms. The van der Waals surface area contributed by atoms with Crippen molar-refractivity contribution in [3.63, 3.8) is 0 Å². The van der Waals surface area contributed by atoms with Gasteiger partial charge in [0.15, 0.2) is 0 Å². The molecule has 1 atom stereocenters. The smallest absolute Gasteiger partial charge is 0.317 e. The van der Waals surface area contributed by atoms with Gasteiger partial charge in [-0.25, -0.2) is 0 Å². The lowest BCUT2D eigenvalue weighted by molar-refractivity contribution is -0.153. The van der Waals surface area contributed by atoms with E-state index in [1.807, 2.05) is 0 Å². The molecule has 0 bridgehead atoms. The van der Waals surface area contributed by atoms with Gasteiger partial charge in [-0.3, -0.25) is 9.59 Å². The van der Waals surface area contributed by atoms with Crippen LogP contribution in [0, 0.1) is 5.92 Å². The van der Waals surface area contributed by atoms with Crippen molar-refractivity contribution in [1.29, 1.82) is 0 Å². The number of hydrogen-bond acceptors (Lipinski definition) is 3. The van der Waals surface area contributed by atoms with Crippen LogP contribution in [0.1, 0.15) is 12.8 Å². The number of carbonyl (C=O) groups is 2. The van der Waals surface area contributed by atoms with Gasteiger partial charge in [-0.1, -0.05) is 6.08 Å². The molecule has 0 spiro atoms. The van der Waals surface area contributed by atoms with E-state index in [2.05, 4.69) is 11.3 Å². The predicted molar refractivity (Wildman–Crippen MR) is 34.0 cm³/mol. The second kappa shape index (κ2) is 2.64. The lowest BCUT2D eigenvalue weighted by Crippen LogP contribution is -2.05. The van der Waals surface area contributed by atoms with Crippen molar-refractivity contribution in [3.05, 3.63) is 12.7 Å². The number of rotatable bonds is 2. The fourth-order valence-corrected chi connectivity index (χ4v) is 0.902. The molecule has 0 aromatic carbocycles. The highest BCUT2D eigenvalue weighted by molar-refractivity contribution is 5.94. The average Bonchev–Trinajstić information content (AvgIpc) is 2.13. The van der Waals surface area contributed by atoms with Crippen molar-refractivity contribution in [2.75, 3.05) is 0 Å². The molecule has 1 fully saturated rings. The molecular weight excluding hydrogens is 132 g/mol. The highest BCUT2D eigenvalue weighted by Crippen LogP contribution is 2.18. The summed E-state index contributed by atoms with van der Waals surface area (Å²) in [5, 5.41) is 0. The van der Waals surface area contributed by atoms with Crippen molar-refractivity contribution in [2.45, 2.75) is 12.8 Å². The minimum absolute atomic E-state index is 0.213. The summed E-state index contributed by atoms with van der Waals surface area (Å²) in [6.07, 6.45) is 2.36. The molecule has 0 saturated carbocycles. The number of allylic oxidation sites excluding steroid dienone is 1. The van der Waals surface area contributed by atoms with Crippen LogP contribution in [-0.2, 0) is 14.3 Å². The van der Waals surface area contributed by atoms with Crippen LogP contribution >= 0.6 is 0 Å². The van der Waals surface area contributed by atoms with Crippen LogP contribution in [0.4, 0.5) is 0 Å². The Kier molecular flexibility index (Phi) is 1.85. The van der Waals surface area contributed by atoms with Crippen LogP contribution in [0.2, 0.25) is 0 Å². The van der Waals surface area contributed by atoms with Gasteiger partial charge in [-0.05, 0) is 6.42 Å². The van der Waals surface area contributed by atoms with Crippen LogP contribution in [0.25, 0.3) is 0 Å². The van der Waals surface area contributed by atoms with Crippen LogP contribution in [0.3, 0.4) is 0 Å². The third kappa shape index (κ3) is 1.23. The second-order valence-corrected chi connectivity index (χ2v) is 2.22. The normalized spacial score (nSPS) is 24.6. The summed E-state index contributed by atoms with van der Waals surface area (Å²) in [7, 11) is 0. The molecule has 1 saturated heterocycles. The summed E-state index contributed by atoms with van der Waals surface area (Å²) in [5.74, 6) is -1.10.